The molecule has 5 fully saturated rings. The number of halogens is 1. The van der Waals surface area contributed by atoms with Crippen molar-refractivity contribution in [2.24, 2.45) is 17.8 Å². The number of aliphatic hydroxyl groups is 1. The molecule has 4 aromatic heterocycles. The van der Waals surface area contributed by atoms with Crippen molar-refractivity contribution in [3.63, 3.8) is 0 Å². The molecule has 0 aliphatic carbocycles. The van der Waals surface area contributed by atoms with Crippen LogP contribution in [0.2, 0.25) is 0 Å². The molecule has 0 spiro atoms. The number of aromatic nitrogens is 8. The Hall–Kier alpha value is -12.7. The van der Waals surface area contributed by atoms with E-state index in [1.165, 1.54) is 87.1 Å². The molecule has 5 saturated heterocycles. The van der Waals surface area contributed by atoms with Crippen LogP contribution in [0, 0.1) is 96.7 Å². The third kappa shape index (κ3) is 30.5. The molecule has 0 saturated carbocycles. The Balaban J connectivity index is 0.000000185. The molecular weight excluding hydrogens is 1650 g/mol. The number of aliphatic hydroxyl groups excluding tert-OH is 1. The van der Waals surface area contributed by atoms with Crippen molar-refractivity contribution >= 4 is 18.7 Å². The summed E-state index contributed by atoms with van der Waals surface area (Å²) in [5, 5.41) is 39.0. The first-order chi connectivity index (χ1) is 62.4. The maximum Gasteiger partial charge on any atom is 0.293 e. The van der Waals surface area contributed by atoms with Crippen LogP contribution in [-0.4, -0.2) is 232 Å². The van der Waals surface area contributed by atoms with Crippen molar-refractivity contribution in [3.8, 4) is 83.0 Å². The quantitative estimate of drug-likeness (QED) is 0.0289. The standard InChI is InChI=1S/C32H35N5O3.C19H22N4O2.C16H20N2O3.C16H18N2O3.C13H15NO.C4H6N2.ClH/c1-38-31-30(34-23-35-32(31)39-2)17-29(22-37-20-27(18-33)21-37)28-11-9-25(10-12-28)4-3-24-5-7-26(8-6-24)19-36-13-15-40-16-14-36;1-13-3-5-15(6-4-13)16(11-23-9-14(8-20)10-23)7-17-18(25-2)19(24)22-12-21-17;2*1-11-4-6-12(7-5-11)13(9-19)8-14-15(20-2)16(21-3)18-10-17-14;1-2-12-3-5-13(6-4-12)11-14-7-9-15-10-8-14;5-1-4-2-6-3-4;/h5-12,23,27,29H,13-17,19-22H2,1-2H3;3-6,12,14,16H,7,9-11H2,1-2H3,(H,21,22,24);4-7,10,13,19H,8-9H2,1-3H3;4-7,9-10,13H,8H2,1-3H3;1,3-6H,7-11H2;4,6H,2-3H2;1H/t29-;16-;2*13-;;;/m1111.../s1. The van der Waals surface area contributed by atoms with E-state index in [9.17, 15) is 20.0 Å². The first-order valence-electron chi connectivity index (χ1n) is 42.8. The van der Waals surface area contributed by atoms with Gasteiger partial charge in [0.1, 0.15) is 25.3 Å². The van der Waals surface area contributed by atoms with Crippen LogP contribution in [0.5, 0.6) is 40.6 Å². The molecule has 15 rings (SSSR count). The maximum atomic E-state index is 11.9. The lowest BCUT2D eigenvalue weighted by Crippen LogP contribution is -2.47. The maximum absolute atomic E-state index is 11.9. The number of carbonyl (C=O) groups excluding carboxylic acids is 1. The fourth-order valence-electron chi connectivity index (χ4n) is 15.0. The van der Waals surface area contributed by atoms with Crippen LogP contribution in [0.1, 0.15) is 113 Å². The number of nitrogens with zero attached hydrogens (tertiary/aromatic N) is 14. The highest BCUT2D eigenvalue weighted by Gasteiger charge is 2.32. The smallest absolute Gasteiger partial charge is 0.293 e. The number of morpholine rings is 2. The Morgan fingerprint density at radius 2 is 0.798 bits per heavy atom. The van der Waals surface area contributed by atoms with E-state index in [4.69, 9.17) is 59.6 Å². The Bertz CT molecular complexity index is 5400. The first kappa shape index (κ1) is 100. The molecule has 129 heavy (non-hydrogen) atoms. The molecule has 676 valence electrons. The molecule has 0 unspecified atom stereocenters. The number of likely N-dealkylation sites (tertiary alicyclic amines) is 2. The van der Waals surface area contributed by atoms with Gasteiger partial charge < -0.3 is 72.6 Å². The van der Waals surface area contributed by atoms with E-state index in [0.717, 1.165) is 169 Å². The number of terminal acetylenes is 1. The number of aldehydes is 1. The second kappa shape index (κ2) is 53.2. The fraction of sp³-hybridized carbons (Fsp3) is 0.400. The lowest BCUT2D eigenvalue weighted by atomic mass is 9.90. The molecule has 5 aliphatic rings. The van der Waals surface area contributed by atoms with Gasteiger partial charge in [0.05, 0.1) is 148 Å². The van der Waals surface area contributed by atoms with E-state index in [1.807, 2.05) is 74.5 Å². The van der Waals surface area contributed by atoms with Crippen LogP contribution in [-0.2, 0) is 53.0 Å². The van der Waals surface area contributed by atoms with Crippen LogP contribution < -0.4 is 44.0 Å². The van der Waals surface area contributed by atoms with Crippen molar-refractivity contribution in [1.29, 1.82) is 15.8 Å². The average molecular weight is 1770 g/mol. The molecule has 4 atom stereocenters. The lowest BCUT2D eigenvalue weighted by molar-refractivity contribution is -0.109. The summed E-state index contributed by atoms with van der Waals surface area (Å²) in [6.45, 7) is 22.1. The fourth-order valence-corrected chi connectivity index (χ4v) is 15.0. The van der Waals surface area contributed by atoms with Gasteiger partial charge in [-0.3, -0.25) is 14.6 Å². The highest BCUT2D eigenvalue weighted by Crippen LogP contribution is 2.36. The number of hydrogen-bond acceptors (Lipinski definition) is 27. The van der Waals surface area contributed by atoms with Gasteiger partial charge >= 0.3 is 0 Å². The van der Waals surface area contributed by atoms with Crippen LogP contribution in [0.25, 0.3) is 0 Å². The van der Waals surface area contributed by atoms with Gasteiger partial charge in [-0.25, -0.2) is 19.9 Å². The van der Waals surface area contributed by atoms with Gasteiger partial charge in [-0.05, 0) is 90.6 Å². The molecule has 10 aromatic rings. The van der Waals surface area contributed by atoms with E-state index in [1.54, 1.807) is 21.3 Å². The Kier molecular flexibility index (Phi) is 41.2. The summed E-state index contributed by atoms with van der Waals surface area (Å²) in [6.07, 6.45) is 14.3. The Labute approximate surface area is 763 Å². The number of aromatic amines is 1. The number of benzene rings is 6. The van der Waals surface area contributed by atoms with Gasteiger partial charge in [-0.15, -0.1) is 18.8 Å². The minimum Gasteiger partial charge on any atom is -0.490 e. The van der Waals surface area contributed by atoms with Gasteiger partial charge in [0, 0.05) is 158 Å². The first-order valence-corrected chi connectivity index (χ1v) is 42.8. The SMILES string of the molecule is C#Cc1ccc(CN2CCOCC2)cc1.COc1c(C[C@H](CN2CC(C#N)C2)c2ccc(C)cc2)nc[nH]c1=O.COc1ncnc(C[C@H](C=O)c2ccc(C)cc2)c1OC.COc1ncnc(C[C@H](CN2CC(C#N)C2)c2ccc(C#Cc3ccc(CN4CCOCC4)cc3)cc2)c1OC.COc1ncnc(C[C@H](CO)c2ccc(C)cc2)c1OC.Cl.N#CC1CNC1. The molecule has 0 bridgehead atoms. The molecule has 9 heterocycles. The molecule has 5 aliphatic heterocycles. The number of aryl methyl sites for hydroxylation is 3. The van der Waals surface area contributed by atoms with E-state index in [-0.39, 0.29) is 65.8 Å². The van der Waals surface area contributed by atoms with E-state index in [2.05, 4.69) is 193 Å². The van der Waals surface area contributed by atoms with Crippen molar-refractivity contribution in [3.05, 3.63) is 271 Å². The van der Waals surface area contributed by atoms with Crippen molar-refractivity contribution in [2.75, 3.05) is 161 Å². The molecule has 28 nitrogen and oxygen atoms in total. The van der Waals surface area contributed by atoms with Gasteiger partial charge in [-0.1, -0.05) is 144 Å². The van der Waals surface area contributed by atoms with Gasteiger partial charge in [-0.2, -0.15) is 30.7 Å². The van der Waals surface area contributed by atoms with Crippen molar-refractivity contribution in [1.82, 2.24) is 64.8 Å². The molecule has 0 amide bonds. The molecule has 29 heteroatoms. The number of methoxy groups -OCH3 is 7. The summed E-state index contributed by atoms with van der Waals surface area (Å²) in [6, 6.07) is 56.4. The summed E-state index contributed by atoms with van der Waals surface area (Å²) in [4.78, 5) is 64.8. The molecule has 6 aromatic carbocycles. The minimum absolute atomic E-state index is 0. The average Bonchev–Trinajstić information content (AvgIpc) is 0.810. The number of carbonyl (C=O) groups is 1. The summed E-state index contributed by atoms with van der Waals surface area (Å²) < 4.78 is 47.9. The lowest BCUT2D eigenvalue weighted by Gasteiger charge is -2.38. The minimum atomic E-state index is -0.279. The summed E-state index contributed by atoms with van der Waals surface area (Å²) >= 11 is 0. The van der Waals surface area contributed by atoms with E-state index in [0.29, 0.717) is 77.9 Å². The summed E-state index contributed by atoms with van der Waals surface area (Å²) in [7, 11) is 10.8. The number of nitriles is 3. The predicted molar refractivity (Wildman–Crippen MR) is 495 cm³/mol. The number of nitrogens with one attached hydrogen (secondary N) is 2. The van der Waals surface area contributed by atoms with Crippen molar-refractivity contribution in [2.45, 2.75) is 83.2 Å². The summed E-state index contributed by atoms with van der Waals surface area (Å²) in [5.41, 5.74) is 16.1. The number of ether oxygens (including phenoxy) is 9. The largest absolute Gasteiger partial charge is 0.490 e. The normalized spacial score (nSPS) is 15.2. The monoisotopic (exact) mass is 1770 g/mol. The Morgan fingerprint density at radius 3 is 1.14 bits per heavy atom. The molecular formula is C100H117ClN16O12. The highest BCUT2D eigenvalue weighted by atomic mass is 35.5. The zero-order chi connectivity index (χ0) is 90.9. The zero-order valence-corrected chi connectivity index (χ0v) is 76.0. The van der Waals surface area contributed by atoms with Crippen LogP contribution in [0.3, 0.4) is 0 Å². The third-order valence-electron chi connectivity index (χ3n) is 22.6. The number of H-pyrrole nitrogens is 1. The number of hydrogen-bond donors (Lipinski definition) is 3. The van der Waals surface area contributed by atoms with Gasteiger partial charge in [0.25, 0.3) is 23.2 Å². The predicted octanol–water partition coefficient (Wildman–Crippen LogP) is 11.5. The number of rotatable bonds is 29. The second-order valence-corrected chi connectivity index (χ2v) is 31.6. The summed E-state index contributed by atoms with van der Waals surface area (Å²) in [5.74, 6) is 12.8. The van der Waals surface area contributed by atoms with Crippen LogP contribution in [0.15, 0.2) is 176 Å². The molecule has 3 N–H and O–H groups in total. The van der Waals surface area contributed by atoms with E-state index < -0.39 is 0 Å². The van der Waals surface area contributed by atoms with Gasteiger partial charge in [0.2, 0.25) is 23.0 Å². The zero-order valence-electron chi connectivity index (χ0n) is 75.2. The van der Waals surface area contributed by atoms with Crippen molar-refractivity contribution < 1.29 is 52.5 Å². The second-order valence-electron chi connectivity index (χ2n) is 31.6. The van der Waals surface area contributed by atoms with Gasteiger partial charge in [0.15, 0.2) is 0 Å². The third-order valence-corrected chi connectivity index (χ3v) is 22.6. The van der Waals surface area contributed by atoms with E-state index >= 15 is 0 Å². The molecule has 0 radical (unpaired) electrons. The van der Waals surface area contributed by atoms with Crippen LogP contribution >= 0.6 is 12.4 Å². The Morgan fingerprint density at radius 1 is 0.450 bits per heavy atom. The van der Waals surface area contributed by atoms with Crippen LogP contribution in [0.4, 0.5) is 0 Å². The topological polar surface area (TPSA) is 340 Å². The highest BCUT2D eigenvalue weighted by molar-refractivity contribution is 5.85.